The minimum atomic E-state index is -0.353. The molecule has 3 heteroatoms. The molecule has 1 aromatic carbocycles. The van der Waals surface area contributed by atoms with Crippen LogP contribution in [0.2, 0.25) is 5.02 Å². The Kier molecular flexibility index (Phi) is 4.52. The summed E-state index contributed by atoms with van der Waals surface area (Å²) in [6.45, 7) is 4.61. The van der Waals surface area contributed by atoms with Crippen LogP contribution in [0.5, 0.6) is 0 Å². The number of benzene rings is 1. The second-order valence-electron chi connectivity index (χ2n) is 6.46. The predicted molar refractivity (Wildman–Crippen MR) is 78.8 cm³/mol. The summed E-state index contributed by atoms with van der Waals surface area (Å²) in [5.41, 5.74) is 7.62. The lowest BCUT2D eigenvalue weighted by atomic mass is 9.65. The van der Waals surface area contributed by atoms with E-state index in [1.165, 1.54) is 31.7 Å². The minimum absolute atomic E-state index is 0.0934. The Hall–Kier alpha value is -0.600. The van der Waals surface area contributed by atoms with Crippen LogP contribution in [0.3, 0.4) is 0 Å². The van der Waals surface area contributed by atoms with E-state index in [4.69, 9.17) is 17.3 Å². The summed E-state index contributed by atoms with van der Waals surface area (Å²) < 4.78 is 13.5. The molecule has 1 nitrogen and oxygen atoms in total. The molecule has 0 heterocycles. The third kappa shape index (κ3) is 3.49. The SMILES string of the molecule is CC1(C)CCCCC1C(N)Cc1ccc(Cl)c(F)c1. The molecule has 0 saturated heterocycles. The van der Waals surface area contributed by atoms with E-state index in [1.54, 1.807) is 6.07 Å². The van der Waals surface area contributed by atoms with Gasteiger partial charge in [0.1, 0.15) is 5.82 Å². The van der Waals surface area contributed by atoms with E-state index in [0.717, 1.165) is 12.0 Å². The van der Waals surface area contributed by atoms with Gasteiger partial charge in [-0.15, -0.1) is 0 Å². The molecule has 0 spiro atoms. The van der Waals surface area contributed by atoms with E-state index in [-0.39, 0.29) is 16.9 Å². The fourth-order valence-electron chi connectivity index (χ4n) is 3.40. The van der Waals surface area contributed by atoms with Crippen LogP contribution in [0.25, 0.3) is 0 Å². The first kappa shape index (κ1) is 14.8. The third-order valence-corrected chi connectivity index (χ3v) is 4.87. The molecule has 1 aliphatic carbocycles. The van der Waals surface area contributed by atoms with Crippen LogP contribution in [0, 0.1) is 17.2 Å². The van der Waals surface area contributed by atoms with Crippen LogP contribution in [-0.2, 0) is 6.42 Å². The van der Waals surface area contributed by atoms with Gasteiger partial charge in [0.25, 0.3) is 0 Å². The molecule has 2 unspecified atom stereocenters. The van der Waals surface area contributed by atoms with Gasteiger partial charge in [-0.25, -0.2) is 4.39 Å². The van der Waals surface area contributed by atoms with Crippen LogP contribution < -0.4 is 5.73 Å². The topological polar surface area (TPSA) is 26.0 Å². The summed E-state index contributed by atoms with van der Waals surface area (Å²) >= 11 is 5.70. The van der Waals surface area contributed by atoms with Gasteiger partial charge in [-0.05, 0) is 48.3 Å². The highest BCUT2D eigenvalue weighted by atomic mass is 35.5. The van der Waals surface area contributed by atoms with Gasteiger partial charge >= 0.3 is 0 Å². The van der Waals surface area contributed by atoms with Gasteiger partial charge in [0.2, 0.25) is 0 Å². The average Bonchev–Trinajstić information content (AvgIpc) is 2.33. The highest BCUT2D eigenvalue weighted by molar-refractivity contribution is 6.30. The Bertz CT molecular complexity index is 444. The van der Waals surface area contributed by atoms with E-state index in [1.807, 2.05) is 6.07 Å². The number of hydrogen-bond donors (Lipinski definition) is 1. The van der Waals surface area contributed by atoms with E-state index in [0.29, 0.717) is 11.3 Å². The van der Waals surface area contributed by atoms with Crippen molar-refractivity contribution in [2.24, 2.45) is 17.1 Å². The van der Waals surface area contributed by atoms with Crippen molar-refractivity contribution < 1.29 is 4.39 Å². The molecule has 1 aromatic rings. The van der Waals surface area contributed by atoms with Crippen molar-refractivity contribution in [3.63, 3.8) is 0 Å². The van der Waals surface area contributed by atoms with Gasteiger partial charge in [0.05, 0.1) is 5.02 Å². The molecule has 0 bridgehead atoms. The smallest absolute Gasteiger partial charge is 0.142 e. The molecule has 0 radical (unpaired) electrons. The van der Waals surface area contributed by atoms with E-state index in [9.17, 15) is 4.39 Å². The predicted octanol–water partition coefficient (Wildman–Crippen LogP) is 4.57. The Morgan fingerprint density at radius 2 is 2.16 bits per heavy atom. The zero-order valence-corrected chi connectivity index (χ0v) is 12.5. The molecule has 1 fully saturated rings. The number of rotatable bonds is 3. The maximum Gasteiger partial charge on any atom is 0.142 e. The molecule has 2 atom stereocenters. The van der Waals surface area contributed by atoms with Crippen molar-refractivity contribution in [3.8, 4) is 0 Å². The van der Waals surface area contributed by atoms with Crippen molar-refractivity contribution in [2.45, 2.75) is 52.0 Å². The lowest BCUT2D eigenvalue weighted by molar-refractivity contribution is 0.112. The maximum atomic E-state index is 13.5. The standard InChI is InChI=1S/C16H23ClFN/c1-16(2)8-4-3-5-12(16)15(19)10-11-6-7-13(17)14(18)9-11/h6-7,9,12,15H,3-5,8,10,19H2,1-2H3. The molecular formula is C16H23ClFN. The van der Waals surface area contributed by atoms with Crippen LogP contribution in [0.4, 0.5) is 4.39 Å². The average molecular weight is 284 g/mol. The molecular weight excluding hydrogens is 261 g/mol. The van der Waals surface area contributed by atoms with Crippen LogP contribution >= 0.6 is 11.6 Å². The quantitative estimate of drug-likeness (QED) is 0.864. The maximum absolute atomic E-state index is 13.5. The fraction of sp³-hybridized carbons (Fsp3) is 0.625. The number of hydrogen-bond acceptors (Lipinski definition) is 1. The van der Waals surface area contributed by atoms with Gasteiger partial charge in [0, 0.05) is 6.04 Å². The summed E-state index contributed by atoms with van der Waals surface area (Å²) in [5.74, 6) is 0.161. The zero-order chi connectivity index (χ0) is 14.0. The lowest BCUT2D eigenvalue weighted by Gasteiger charge is -2.42. The second kappa shape index (κ2) is 5.80. The zero-order valence-electron chi connectivity index (χ0n) is 11.8. The van der Waals surface area contributed by atoms with Crippen LogP contribution in [0.1, 0.15) is 45.1 Å². The Balaban J connectivity index is 2.07. The monoisotopic (exact) mass is 283 g/mol. The Morgan fingerprint density at radius 1 is 1.42 bits per heavy atom. The van der Waals surface area contributed by atoms with E-state index in [2.05, 4.69) is 13.8 Å². The summed E-state index contributed by atoms with van der Waals surface area (Å²) in [5, 5.41) is 0.176. The largest absolute Gasteiger partial charge is 0.327 e. The van der Waals surface area contributed by atoms with Gasteiger partial charge in [-0.3, -0.25) is 0 Å². The van der Waals surface area contributed by atoms with Gasteiger partial charge in [0.15, 0.2) is 0 Å². The Labute approximate surface area is 120 Å². The van der Waals surface area contributed by atoms with Crippen molar-refractivity contribution >= 4 is 11.6 Å². The highest BCUT2D eigenvalue weighted by Crippen LogP contribution is 2.42. The van der Waals surface area contributed by atoms with Gasteiger partial charge < -0.3 is 5.73 Å². The van der Waals surface area contributed by atoms with Crippen molar-refractivity contribution in [3.05, 3.63) is 34.6 Å². The summed E-state index contributed by atoms with van der Waals surface area (Å²) in [7, 11) is 0. The molecule has 106 valence electrons. The normalized spacial score (nSPS) is 24.2. The van der Waals surface area contributed by atoms with E-state index >= 15 is 0 Å². The molecule has 0 amide bonds. The molecule has 19 heavy (non-hydrogen) atoms. The van der Waals surface area contributed by atoms with Crippen molar-refractivity contribution in [2.75, 3.05) is 0 Å². The van der Waals surface area contributed by atoms with Crippen LogP contribution in [0.15, 0.2) is 18.2 Å². The lowest BCUT2D eigenvalue weighted by Crippen LogP contribution is -2.43. The van der Waals surface area contributed by atoms with E-state index < -0.39 is 0 Å². The Morgan fingerprint density at radius 3 is 2.79 bits per heavy atom. The van der Waals surface area contributed by atoms with Crippen LogP contribution in [-0.4, -0.2) is 6.04 Å². The molecule has 1 saturated carbocycles. The minimum Gasteiger partial charge on any atom is -0.327 e. The first-order valence-electron chi connectivity index (χ1n) is 7.09. The second-order valence-corrected chi connectivity index (χ2v) is 6.86. The third-order valence-electron chi connectivity index (χ3n) is 4.56. The van der Waals surface area contributed by atoms with Crippen molar-refractivity contribution in [1.82, 2.24) is 0 Å². The molecule has 1 aliphatic rings. The first-order valence-corrected chi connectivity index (χ1v) is 7.47. The number of halogens is 2. The molecule has 2 rings (SSSR count). The highest BCUT2D eigenvalue weighted by Gasteiger charge is 2.35. The fourth-order valence-corrected chi connectivity index (χ4v) is 3.51. The van der Waals surface area contributed by atoms with Crippen molar-refractivity contribution in [1.29, 1.82) is 0 Å². The molecule has 0 aromatic heterocycles. The molecule has 0 aliphatic heterocycles. The van der Waals surface area contributed by atoms with Gasteiger partial charge in [-0.2, -0.15) is 0 Å². The first-order chi connectivity index (χ1) is 8.90. The van der Waals surface area contributed by atoms with Gasteiger partial charge in [-0.1, -0.05) is 44.4 Å². The summed E-state index contributed by atoms with van der Waals surface area (Å²) in [4.78, 5) is 0. The molecule has 2 N–H and O–H groups in total. The summed E-state index contributed by atoms with van der Waals surface area (Å²) in [6.07, 6.45) is 5.70. The number of nitrogens with two attached hydrogens (primary N) is 1. The summed E-state index contributed by atoms with van der Waals surface area (Å²) in [6, 6.07) is 5.10.